The fourth-order valence-electron chi connectivity index (χ4n) is 0.966. The summed E-state index contributed by atoms with van der Waals surface area (Å²) in [7, 11) is 1.96. The van der Waals surface area contributed by atoms with Crippen molar-refractivity contribution in [2.24, 2.45) is 10.8 Å². The molecule has 0 aromatic rings. The van der Waals surface area contributed by atoms with Crippen LogP contribution < -0.4 is 5.73 Å². The largest absolute Gasteiger partial charge is 0.386 e. The van der Waals surface area contributed by atoms with Gasteiger partial charge in [-0.2, -0.15) is 5.10 Å². The normalized spacial score (nSPS) is 18.9. The van der Waals surface area contributed by atoms with Gasteiger partial charge < -0.3 is 5.73 Å². The number of amidine groups is 1. The third-order valence-electron chi connectivity index (χ3n) is 1.46. The van der Waals surface area contributed by atoms with E-state index in [1.54, 1.807) is 0 Å². The van der Waals surface area contributed by atoms with E-state index in [1.807, 2.05) is 12.1 Å². The van der Waals surface area contributed by atoms with Crippen molar-refractivity contribution in [1.29, 1.82) is 0 Å². The topological polar surface area (TPSA) is 41.6 Å². The number of hydrazone groups is 1. The van der Waals surface area contributed by atoms with Crippen LogP contribution in [-0.2, 0) is 0 Å². The van der Waals surface area contributed by atoms with Gasteiger partial charge in [0.1, 0.15) is 5.84 Å². The zero-order valence-electron chi connectivity index (χ0n) is 6.21. The van der Waals surface area contributed by atoms with E-state index in [0.29, 0.717) is 0 Å². The van der Waals surface area contributed by atoms with E-state index in [-0.39, 0.29) is 12.4 Å². The first kappa shape index (κ1) is 9.56. The number of rotatable bonds is 0. The molecular formula is C6H14ClN3. The molecule has 0 radical (unpaired) electrons. The second-order valence-corrected chi connectivity index (χ2v) is 2.43. The van der Waals surface area contributed by atoms with Crippen molar-refractivity contribution in [2.75, 3.05) is 13.6 Å². The Morgan fingerprint density at radius 2 is 2.20 bits per heavy atom. The Kier molecular flexibility index (Phi) is 4.19. The molecule has 1 aliphatic heterocycles. The first-order chi connectivity index (χ1) is 4.29. The van der Waals surface area contributed by atoms with Crippen molar-refractivity contribution in [1.82, 2.24) is 5.01 Å². The highest BCUT2D eigenvalue weighted by Gasteiger charge is 2.01. The van der Waals surface area contributed by atoms with Crippen LogP contribution in [0.1, 0.15) is 19.3 Å². The molecule has 10 heavy (non-hydrogen) atoms. The van der Waals surface area contributed by atoms with Gasteiger partial charge >= 0.3 is 0 Å². The van der Waals surface area contributed by atoms with Gasteiger partial charge in [0.15, 0.2) is 0 Å². The van der Waals surface area contributed by atoms with Crippen LogP contribution in [0.15, 0.2) is 5.10 Å². The first-order valence-corrected chi connectivity index (χ1v) is 3.33. The van der Waals surface area contributed by atoms with Crippen molar-refractivity contribution in [3.63, 3.8) is 0 Å². The summed E-state index contributed by atoms with van der Waals surface area (Å²) in [6.45, 7) is 1.04. The molecule has 4 heteroatoms. The molecule has 0 fully saturated rings. The molecule has 0 amide bonds. The third kappa shape index (κ3) is 2.92. The molecule has 0 atom stereocenters. The lowest BCUT2D eigenvalue weighted by Crippen LogP contribution is -2.16. The standard InChI is InChI=1S/C6H13N3.ClH/c1-9-5-3-2-4-6(7)8-9;/h2-5H2,1H3,(H2,7,8);1H. The highest BCUT2D eigenvalue weighted by molar-refractivity contribution is 5.85. The van der Waals surface area contributed by atoms with Crippen LogP contribution in [0.3, 0.4) is 0 Å². The Morgan fingerprint density at radius 3 is 2.90 bits per heavy atom. The number of hydrogen-bond acceptors (Lipinski definition) is 3. The van der Waals surface area contributed by atoms with E-state index < -0.39 is 0 Å². The SMILES string of the molecule is CN1CCCCC(N)=N1.Cl. The molecule has 1 aliphatic rings. The molecule has 1 heterocycles. The lowest BCUT2D eigenvalue weighted by Gasteiger charge is -2.08. The summed E-state index contributed by atoms with van der Waals surface area (Å²) < 4.78 is 0. The summed E-state index contributed by atoms with van der Waals surface area (Å²) in [5, 5.41) is 6.01. The summed E-state index contributed by atoms with van der Waals surface area (Å²) in [5.74, 6) is 0.773. The lowest BCUT2D eigenvalue weighted by molar-refractivity contribution is 0.354. The van der Waals surface area contributed by atoms with E-state index >= 15 is 0 Å². The fourth-order valence-corrected chi connectivity index (χ4v) is 0.966. The molecule has 0 aromatic carbocycles. The molecule has 0 saturated heterocycles. The van der Waals surface area contributed by atoms with Crippen molar-refractivity contribution >= 4 is 18.2 Å². The van der Waals surface area contributed by atoms with E-state index in [0.717, 1.165) is 18.8 Å². The minimum Gasteiger partial charge on any atom is -0.386 e. The maximum Gasteiger partial charge on any atom is 0.119 e. The Hall–Kier alpha value is -0.440. The number of nitrogens with zero attached hydrogens (tertiary/aromatic N) is 2. The van der Waals surface area contributed by atoms with Crippen molar-refractivity contribution in [3.8, 4) is 0 Å². The minimum atomic E-state index is 0. The van der Waals surface area contributed by atoms with Crippen molar-refractivity contribution in [2.45, 2.75) is 19.3 Å². The minimum absolute atomic E-state index is 0. The average molecular weight is 164 g/mol. The molecule has 0 aromatic heterocycles. The van der Waals surface area contributed by atoms with Crippen molar-refractivity contribution < 1.29 is 0 Å². The molecule has 2 N–H and O–H groups in total. The van der Waals surface area contributed by atoms with E-state index in [9.17, 15) is 0 Å². The summed E-state index contributed by atoms with van der Waals surface area (Å²) in [6.07, 6.45) is 3.35. The molecular weight excluding hydrogens is 150 g/mol. The Labute approximate surface area is 67.7 Å². The van der Waals surface area contributed by atoms with Gasteiger partial charge in [0.05, 0.1) is 0 Å². The summed E-state index contributed by atoms with van der Waals surface area (Å²) >= 11 is 0. The average Bonchev–Trinajstić information content (AvgIpc) is 1.93. The lowest BCUT2D eigenvalue weighted by atomic mass is 10.2. The Morgan fingerprint density at radius 1 is 1.50 bits per heavy atom. The molecule has 1 rings (SSSR count). The predicted molar refractivity (Wildman–Crippen MR) is 45.4 cm³/mol. The van der Waals surface area contributed by atoms with Crippen LogP contribution in [0, 0.1) is 0 Å². The van der Waals surface area contributed by atoms with Gasteiger partial charge in [-0.25, -0.2) is 0 Å². The van der Waals surface area contributed by atoms with Crippen LogP contribution in [0.25, 0.3) is 0 Å². The van der Waals surface area contributed by atoms with Crippen molar-refractivity contribution in [3.05, 3.63) is 0 Å². The second-order valence-electron chi connectivity index (χ2n) is 2.43. The van der Waals surface area contributed by atoms with E-state index in [2.05, 4.69) is 5.10 Å². The number of nitrogens with two attached hydrogens (primary N) is 1. The Balaban J connectivity index is 0.000000810. The predicted octanol–water partition coefficient (Wildman–Crippen LogP) is 0.796. The molecule has 0 spiro atoms. The third-order valence-corrected chi connectivity index (χ3v) is 1.46. The van der Waals surface area contributed by atoms with Gasteiger partial charge in [0.2, 0.25) is 0 Å². The maximum atomic E-state index is 5.53. The summed E-state index contributed by atoms with van der Waals surface area (Å²) in [5.41, 5.74) is 5.53. The van der Waals surface area contributed by atoms with Gasteiger partial charge in [-0.15, -0.1) is 12.4 Å². The van der Waals surface area contributed by atoms with Crippen LogP contribution in [0.4, 0.5) is 0 Å². The second kappa shape index (κ2) is 4.39. The quantitative estimate of drug-likeness (QED) is 0.574. The van der Waals surface area contributed by atoms with Gasteiger partial charge in [-0.05, 0) is 12.8 Å². The maximum absolute atomic E-state index is 5.53. The first-order valence-electron chi connectivity index (χ1n) is 3.33. The number of hydrogen-bond donors (Lipinski definition) is 1. The van der Waals surface area contributed by atoms with Gasteiger partial charge in [0.25, 0.3) is 0 Å². The molecule has 0 saturated carbocycles. The van der Waals surface area contributed by atoms with Crippen LogP contribution >= 0.6 is 12.4 Å². The van der Waals surface area contributed by atoms with Gasteiger partial charge in [-0.3, -0.25) is 5.01 Å². The molecule has 0 bridgehead atoms. The molecule has 0 unspecified atom stereocenters. The highest BCUT2D eigenvalue weighted by Crippen LogP contribution is 2.02. The highest BCUT2D eigenvalue weighted by atomic mass is 35.5. The smallest absolute Gasteiger partial charge is 0.119 e. The molecule has 60 valence electrons. The van der Waals surface area contributed by atoms with Crippen LogP contribution in [-0.4, -0.2) is 24.4 Å². The summed E-state index contributed by atoms with van der Waals surface area (Å²) in [6, 6.07) is 0. The Bertz CT molecular complexity index is 124. The van der Waals surface area contributed by atoms with Gasteiger partial charge in [0, 0.05) is 20.0 Å². The van der Waals surface area contributed by atoms with Crippen LogP contribution in [0.5, 0.6) is 0 Å². The van der Waals surface area contributed by atoms with E-state index in [4.69, 9.17) is 5.73 Å². The zero-order chi connectivity index (χ0) is 6.69. The monoisotopic (exact) mass is 163 g/mol. The number of halogens is 1. The van der Waals surface area contributed by atoms with Crippen LogP contribution in [0.2, 0.25) is 0 Å². The zero-order valence-corrected chi connectivity index (χ0v) is 7.02. The molecule has 3 nitrogen and oxygen atoms in total. The van der Waals surface area contributed by atoms with Gasteiger partial charge in [-0.1, -0.05) is 0 Å². The fraction of sp³-hybridized carbons (Fsp3) is 0.833. The summed E-state index contributed by atoms with van der Waals surface area (Å²) in [4.78, 5) is 0. The van der Waals surface area contributed by atoms with E-state index in [1.165, 1.54) is 12.8 Å². The molecule has 0 aliphatic carbocycles.